The van der Waals surface area contributed by atoms with Crippen molar-refractivity contribution in [2.45, 2.75) is 18.8 Å². The predicted molar refractivity (Wildman–Crippen MR) is 57.7 cm³/mol. The second-order valence-electron chi connectivity index (χ2n) is 4.02. The number of nitrogens with zero attached hydrogens (tertiary/aromatic N) is 3. The molecule has 0 spiro atoms. The SMILES string of the molecule is Nc1nnn(-c2ccc(F)cc2)c1C1CC1. The van der Waals surface area contributed by atoms with E-state index in [-0.39, 0.29) is 5.82 Å². The van der Waals surface area contributed by atoms with E-state index in [1.165, 1.54) is 12.1 Å². The van der Waals surface area contributed by atoms with Gasteiger partial charge in [-0.3, -0.25) is 0 Å². The van der Waals surface area contributed by atoms with E-state index in [1.54, 1.807) is 16.8 Å². The lowest BCUT2D eigenvalue weighted by atomic mass is 10.2. The Morgan fingerprint density at radius 2 is 1.94 bits per heavy atom. The molecular weight excluding hydrogens is 207 g/mol. The molecule has 1 aliphatic rings. The first-order chi connectivity index (χ1) is 7.75. The fraction of sp³-hybridized carbons (Fsp3) is 0.273. The van der Waals surface area contributed by atoms with Crippen LogP contribution in [0.15, 0.2) is 24.3 Å². The van der Waals surface area contributed by atoms with Crippen LogP contribution in [0.1, 0.15) is 24.5 Å². The monoisotopic (exact) mass is 218 g/mol. The number of nitrogen functional groups attached to an aromatic ring is 1. The summed E-state index contributed by atoms with van der Waals surface area (Å²) in [4.78, 5) is 0. The number of halogens is 1. The fourth-order valence-corrected chi connectivity index (χ4v) is 1.81. The number of aromatic nitrogens is 3. The van der Waals surface area contributed by atoms with Crippen LogP contribution in [0.2, 0.25) is 0 Å². The highest BCUT2D eigenvalue weighted by molar-refractivity contribution is 5.44. The minimum atomic E-state index is -0.259. The molecule has 2 aromatic rings. The number of hydrogen-bond donors (Lipinski definition) is 1. The van der Waals surface area contributed by atoms with Crippen LogP contribution >= 0.6 is 0 Å². The second-order valence-corrected chi connectivity index (χ2v) is 4.02. The van der Waals surface area contributed by atoms with Gasteiger partial charge in [0.05, 0.1) is 11.4 Å². The van der Waals surface area contributed by atoms with Crippen molar-refractivity contribution in [2.75, 3.05) is 5.73 Å². The highest BCUT2D eigenvalue weighted by atomic mass is 19.1. The number of nitrogens with two attached hydrogens (primary N) is 1. The summed E-state index contributed by atoms with van der Waals surface area (Å²) >= 11 is 0. The van der Waals surface area contributed by atoms with Gasteiger partial charge in [0.2, 0.25) is 0 Å². The quantitative estimate of drug-likeness (QED) is 0.837. The van der Waals surface area contributed by atoms with Gasteiger partial charge in [-0.25, -0.2) is 9.07 Å². The summed E-state index contributed by atoms with van der Waals surface area (Å²) in [6, 6.07) is 6.17. The van der Waals surface area contributed by atoms with Crippen LogP contribution < -0.4 is 5.73 Å². The molecule has 0 saturated heterocycles. The highest BCUT2D eigenvalue weighted by Gasteiger charge is 2.30. The number of hydrogen-bond acceptors (Lipinski definition) is 3. The first-order valence-electron chi connectivity index (χ1n) is 5.23. The van der Waals surface area contributed by atoms with Gasteiger partial charge in [0, 0.05) is 5.92 Å². The lowest BCUT2D eigenvalue weighted by molar-refractivity contribution is 0.626. The minimum Gasteiger partial charge on any atom is -0.381 e. The second kappa shape index (κ2) is 3.30. The van der Waals surface area contributed by atoms with E-state index in [1.807, 2.05) is 0 Å². The fourth-order valence-electron chi connectivity index (χ4n) is 1.81. The van der Waals surface area contributed by atoms with E-state index in [2.05, 4.69) is 10.3 Å². The van der Waals surface area contributed by atoms with Crippen LogP contribution in [-0.2, 0) is 0 Å². The normalized spacial score (nSPS) is 15.3. The zero-order valence-electron chi connectivity index (χ0n) is 8.60. The van der Waals surface area contributed by atoms with E-state index in [4.69, 9.17) is 5.73 Å². The molecule has 16 heavy (non-hydrogen) atoms. The molecule has 0 unspecified atom stereocenters. The number of anilines is 1. The van der Waals surface area contributed by atoms with E-state index < -0.39 is 0 Å². The molecule has 1 heterocycles. The third kappa shape index (κ3) is 1.44. The smallest absolute Gasteiger partial charge is 0.169 e. The Hall–Kier alpha value is -1.91. The highest BCUT2D eigenvalue weighted by Crippen LogP contribution is 2.42. The molecule has 0 radical (unpaired) electrons. The summed E-state index contributed by atoms with van der Waals surface area (Å²) in [5.41, 5.74) is 7.53. The first-order valence-corrected chi connectivity index (χ1v) is 5.23. The van der Waals surface area contributed by atoms with Crippen molar-refractivity contribution in [1.29, 1.82) is 0 Å². The maximum Gasteiger partial charge on any atom is 0.169 e. The number of benzene rings is 1. The van der Waals surface area contributed by atoms with Crippen LogP contribution in [-0.4, -0.2) is 15.0 Å². The molecule has 3 rings (SSSR count). The Balaban J connectivity index is 2.08. The molecule has 1 fully saturated rings. The standard InChI is InChI=1S/C11H11FN4/c12-8-3-5-9(6-4-8)16-10(7-1-2-7)11(13)14-15-16/h3-7H,1-2,13H2. The Labute approximate surface area is 91.9 Å². The molecule has 4 nitrogen and oxygen atoms in total. The lowest BCUT2D eigenvalue weighted by Crippen LogP contribution is -2.02. The van der Waals surface area contributed by atoms with Gasteiger partial charge in [-0.05, 0) is 37.1 Å². The molecule has 1 aromatic carbocycles. The summed E-state index contributed by atoms with van der Waals surface area (Å²) in [5.74, 6) is 0.677. The lowest BCUT2D eigenvalue weighted by Gasteiger charge is -2.05. The topological polar surface area (TPSA) is 56.7 Å². The Bertz CT molecular complexity index is 513. The van der Waals surface area contributed by atoms with E-state index in [9.17, 15) is 4.39 Å². The minimum absolute atomic E-state index is 0.259. The first kappa shape index (κ1) is 9.33. The van der Waals surface area contributed by atoms with Gasteiger partial charge in [0.15, 0.2) is 5.82 Å². The van der Waals surface area contributed by atoms with E-state index >= 15 is 0 Å². The van der Waals surface area contributed by atoms with Crippen LogP contribution in [0.25, 0.3) is 5.69 Å². The Morgan fingerprint density at radius 1 is 1.25 bits per heavy atom. The summed E-state index contributed by atoms with van der Waals surface area (Å²) in [6.45, 7) is 0. The zero-order valence-corrected chi connectivity index (χ0v) is 8.60. The largest absolute Gasteiger partial charge is 0.381 e. The molecule has 0 bridgehead atoms. The summed E-state index contributed by atoms with van der Waals surface area (Å²) in [7, 11) is 0. The summed E-state index contributed by atoms with van der Waals surface area (Å²) in [5, 5.41) is 7.87. The van der Waals surface area contributed by atoms with Crippen molar-refractivity contribution in [2.24, 2.45) is 0 Å². The van der Waals surface area contributed by atoms with Gasteiger partial charge < -0.3 is 5.73 Å². The average Bonchev–Trinajstić information content (AvgIpc) is 3.04. The molecule has 2 N–H and O–H groups in total. The van der Waals surface area contributed by atoms with E-state index in [0.29, 0.717) is 11.7 Å². The third-order valence-electron chi connectivity index (χ3n) is 2.77. The van der Waals surface area contributed by atoms with Crippen molar-refractivity contribution in [3.05, 3.63) is 35.8 Å². The van der Waals surface area contributed by atoms with Crippen LogP contribution in [0.3, 0.4) is 0 Å². The molecule has 0 amide bonds. The van der Waals surface area contributed by atoms with Gasteiger partial charge >= 0.3 is 0 Å². The third-order valence-corrected chi connectivity index (χ3v) is 2.77. The van der Waals surface area contributed by atoms with Gasteiger partial charge in [-0.15, -0.1) is 5.10 Å². The zero-order chi connectivity index (χ0) is 11.1. The molecule has 82 valence electrons. The van der Waals surface area contributed by atoms with Gasteiger partial charge in [0.25, 0.3) is 0 Å². The number of rotatable bonds is 2. The van der Waals surface area contributed by atoms with Crippen molar-refractivity contribution in [1.82, 2.24) is 15.0 Å². The molecule has 1 saturated carbocycles. The van der Waals surface area contributed by atoms with Gasteiger partial charge in [-0.1, -0.05) is 5.21 Å². The molecule has 0 atom stereocenters. The molecule has 0 aliphatic heterocycles. The molecular formula is C11H11FN4. The maximum absolute atomic E-state index is 12.8. The van der Waals surface area contributed by atoms with E-state index in [0.717, 1.165) is 24.2 Å². The van der Waals surface area contributed by atoms with Crippen LogP contribution in [0.5, 0.6) is 0 Å². The average molecular weight is 218 g/mol. The Morgan fingerprint density at radius 3 is 2.56 bits per heavy atom. The van der Waals surface area contributed by atoms with Crippen molar-refractivity contribution >= 4 is 5.82 Å². The van der Waals surface area contributed by atoms with Crippen molar-refractivity contribution in [3.63, 3.8) is 0 Å². The molecule has 5 heteroatoms. The van der Waals surface area contributed by atoms with Gasteiger partial charge in [0.1, 0.15) is 5.82 Å². The summed E-state index contributed by atoms with van der Waals surface area (Å²) < 4.78 is 14.5. The Kier molecular flexibility index (Phi) is 1.92. The van der Waals surface area contributed by atoms with Crippen molar-refractivity contribution in [3.8, 4) is 5.69 Å². The molecule has 1 aliphatic carbocycles. The van der Waals surface area contributed by atoms with Gasteiger partial charge in [-0.2, -0.15) is 0 Å². The predicted octanol–water partition coefficient (Wildman–Crippen LogP) is 1.87. The summed E-state index contributed by atoms with van der Waals surface area (Å²) in [6.07, 6.45) is 2.25. The molecule has 1 aromatic heterocycles. The maximum atomic E-state index is 12.8. The van der Waals surface area contributed by atoms with Crippen LogP contribution in [0.4, 0.5) is 10.2 Å². The van der Waals surface area contributed by atoms with Crippen molar-refractivity contribution < 1.29 is 4.39 Å². The van der Waals surface area contributed by atoms with Crippen LogP contribution in [0, 0.1) is 5.82 Å².